The molecule has 0 aromatic heterocycles. The minimum absolute atomic E-state index is 0.00284. The highest BCUT2D eigenvalue weighted by molar-refractivity contribution is 7.90. The maximum atomic E-state index is 14.5. The lowest BCUT2D eigenvalue weighted by atomic mass is 9.89. The standard InChI is InChI=1S/C51H83N7O13S/c1-13-32(6)45(56(10)50(64)43(30(2)3)53-49(63)44(31(4)5)55(8)9)40(69-11)28-41(59)58-24-14-15-39(58)46(70-12)33(7)47(61)52-38(48(62)54-72(67,68)37-20-21-37)27-34-16-18-36(19-17-34)71-29-42(60)57-25-22-35(23-26-57)51(65)66/h16-19,30-33,35,37-40,43-46H,13-15,20-29H2,1-12H3,(H,52,61)(H,53,63)(H,54,62)(H,65,66). The Morgan fingerprint density at radius 2 is 1.42 bits per heavy atom. The maximum Gasteiger partial charge on any atom is 0.306 e. The molecule has 20 nitrogen and oxygen atoms in total. The van der Waals surface area contributed by atoms with E-state index in [0.29, 0.717) is 75.9 Å². The maximum absolute atomic E-state index is 14.5. The monoisotopic (exact) mass is 1030 g/mol. The summed E-state index contributed by atoms with van der Waals surface area (Å²) in [5, 5.41) is 14.4. The molecule has 0 radical (unpaired) electrons. The number of nitrogens with zero attached hydrogens (tertiary/aromatic N) is 4. The summed E-state index contributed by atoms with van der Waals surface area (Å²) in [6.07, 6.45) is 1.62. The summed E-state index contributed by atoms with van der Waals surface area (Å²) < 4.78 is 45.8. The molecule has 4 rings (SSSR count). The number of likely N-dealkylation sites (N-methyl/N-ethyl adjacent to an activating group) is 2. The van der Waals surface area contributed by atoms with Crippen molar-refractivity contribution < 1.29 is 61.3 Å². The lowest BCUT2D eigenvalue weighted by Crippen LogP contribution is -2.59. The Morgan fingerprint density at radius 3 is 1.93 bits per heavy atom. The largest absolute Gasteiger partial charge is 0.484 e. The fourth-order valence-electron chi connectivity index (χ4n) is 10.2. The van der Waals surface area contributed by atoms with E-state index in [0.717, 1.165) is 0 Å². The number of amides is 6. The molecule has 1 aromatic rings. The van der Waals surface area contributed by atoms with Gasteiger partial charge in [0, 0.05) is 47.3 Å². The highest BCUT2D eigenvalue weighted by Crippen LogP contribution is 2.31. The van der Waals surface area contributed by atoms with Crippen LogP contribution in [0.4, 0.5) is 0 Å². The number of hydrogen-bond acceptors (Lipinski definition) is 13. The van der Waals surface area contributed by atoms with Crippen LogP contribution in [0.2, 0.25) is 0 Å². The topological polar surface area (TPSA) is 251 Å². The molecule has 72 heavy (non-hydrogen) atoms. The number of benzene rings is 1. The molecule has 9 atom stereocenters. The van der Waals surface area contributed by atoms with Crippen molar-refractivity contribution in [1.29, 1.82) is 0 Å². The molecule has 1 saturated carbocycles. The van der Waals surface area contributed by atoms with Gasteiger partial charge in [-0.3, -0.25) is 43.2 Å². The van der Waals surface area contributed by atoms with Crippen molar-refractivity contribution in [3.8, 4) is 5.75 Å². The van der Waals surface area contributed by atoms with Gasteiger partial charge in [0.25, 0.3) is 11.8 Å². The van der Waals surface area contributed by atoms with E-state index in [2.05, 4.69) is 15.4 Å². The minimum atomic E-state index is -3.98. The van der Waals surface area contributed by atoms with Gasteiger partial charge >= 0.3 is 5.97 Å². The number of rotatable bonds is 27. The summed E-state index contributed by atoms with van der Waals surface area (Å²) in [4.78, 5) is 101. The number of carbonyl (C=O) groups is 7. The molecule has 1 aliphatic carbocycles. The van der Waals surface area contributed by atoms with E-state index in [1.54, 1.807) is 52.9 Å². The molecule has 0 bridgehead atoms. The fourth-order valence-corrected chi connectivity index (χ4v) is 11.5. The van der Waals surface area contributed by atoms with Crippen LogP contribution in [0.15, 0.2) is 24.3 Å². The molecule has 0 spiro atoms. The smallest absolute Gasteiger partial charge is 0.306 e. The van der Waals surface area contributed by atoms with Gasteiger partial charge in [-0.05, 0) is 88.1 Å². The van der Waals surface area contributed by atoms with Gasteiger partial charge in [-0.2, -0.15) is 0 Å². The van der Waals surface area contributed by atoms with Gasteiger partial charge in [-0.25, -0.2) is 8.42 Å². The number of likely N-dealkylation sites (tertiary alicyclic amines) is 2. The first-order chi connectivity index (χ1) is 33.9. The van der Waals surface area contributed by atoms with E-state index in [4.69, 9.17) is 14.2 Å². The van der Waals surface area contributed by atoms with Crippen molar-refractivity contribution in [2.24, 2.45) is 29.6 Å². The van der Waals surface area contributed by atoms with E-state index in [-0.39, 0.29) is 60.8 Å². The van der Waals surface area contributed by atoms with Crippen LogP contribution in [-0.2, 0) is 59.5 Å². The number of aliphatic carboxylic acids is 1. The zero-order valence-corrected chi connectivity index (χ0v) is 45.4. The lowest BCUT2D eigenvalue weighted by molar-refractivity contribution is -0.148. The van der Waals surface area contributed by atoms with Gasteiger partial charge in [0.15, 0.2) is 6.61 Å². The Hall–Kier alpha value is -4.86. The molecule has 3 aliphatic rings. The van der Waals surface area contributed by atoms with Gasteiger partial charge in [-0.1, -0.05) is 67.0 Å². The van der Waals surface area contributed by atoms with Crippen LogP contribution in [-0.4, -0.2) is 184 Å². The number of carboxylic acid groups (broad SMARTS) is 1. The SMILES string of the molecule is CCC(C)C(C(CC(=O)N1CCCC1C(OC)C(C)C(=O)NC(Cc1ccc(OCC(=O)N2CCC(C(=O)O)CC2)cc1)C(=O)NS(=O)(=O)C1CC1)OC)N(C)C(=O)C(NC(=O)C(C(C)C)N(C)C)C(C)C. The Labute approximate surface area is 427 Å². The Morgan fingerprint density at radius 1 is 0.792 bits per heavy atom. The number of methoxy groups -OCH3 is 2. The summed E-state index contributed by atoms with van der Waals surface area (Å²) in [7, 11) is 4.32. The van der Waals surface area contributed by atoms with E-state index in [9.17, 15) is 47.1 Å². The first-order valence-electron chi connectivity index (χ1n) is 25.5. The molecular formula is C51H83N7O13S. The van der Waals surface area contributed by atoms with Crippen LogP contribution < -0.4 is 20.1 Å². The number of hydrogen-bond donors (Lipinski definition) is 4. The summed E-state index contributed by atoms with van der Waals surface area (Å²) in [6, 6.07) is 2.77. The molecule has 1 aromatic carbocycles. The van der Waals surface area contributed by atoms with Gasteiger partial charge < -0.3 is 44.7 Å². The number of sulfonamides is 1. The Balaban J connectivity index is 1.47. The normalized spacial score (nSPS) is 20.0. The molecule has 9 unspecified atom stereocenters. The molecule has 3 fully saturated rings. The lowest BCUT2D eigenvalue weighted by Gasteiger charge is -2.41. The van der Waals surface area contributed by atoms with E-state index in [1.807, 2.05) is 60.5 Å². The van der Waals surface area contributed by atoms with Crippen molar-refractivity contribution >= 4 is 51.4 Å². The fraction of sp³-hybridized carbons (Fsp3) is 0.745. The van der Waals surface area contributed by atoms with Crippen LogP contribution in [0.3, 0.4) is 0 Å². The predicted octanol–water partition coefficient (Wildman–Crippen LogP) is 2.67. The van der Waals surface area contributed by atoms with Gasteiger partial charge in [-0.15, -0.1) is 0 Å². The minimum Gasteiger partial charge on any atom is -0.484 e. The molecule has 4 N–H and O–H groups in total. The third kappa shape index (κ3) is 15.8. The molecule has 406 valence electrons. The van der Waals surface area contributed by atoms with Crippen LogP contribution in [0.5, 0.6) is 5.75 Å². The van der Waals surface area contributed by atoms with Crippen LogP contribution in [0.1, 0.15) is 105 Å². The van der Waals surface area contributed by atoms with E-state index in [1.165, 1.54) is 14.2 Å². The first kappa shape index (κ1) is 59.7. The molecule has 2 aliphatic heterocycles. The Bertz CT molecular complexity index is 2120. The second-order valence-corrected chi connectivity index (χ2v) is 22.8. The zero-order valence-electron chi connectivity index (χ0n) is 44.6. The quantitative estimate of drug-likeness (QED) is 0.0990. The van der Waals surface area contributed by atoms with E-state index >= 15 is 0 Å². The van der Waals surface area contributed by atoms with Crippen LogP contribution in [0.25, 0.3) is 0 Å². The Kier molecular flexibility index (Phi) is 22.3. The molecule has 21 heteroatoms. The summed E-state index contributed by atoms with van der Waals surface area (Å²) in [6.45, 7) is 14.1. The van der Waals surface area contributed by atoms with Gasteiger partial charge in [0.05, 0.1) is 53.8 Å². The highest BCUT2D eigenvalue weighted by atomic mass is 32.2. The third-order valence-corrected chi connectivity index (χ3v) is 16.5. The van der Waals surface area contributed by atoms with Crippen molar-refractivity contribution in [1.82, 2.24) is 35.0 Å². The first-order valence-corrected chi connectivity index (χ1v) is 27.1. The van der Waals surface area contributed by atoms with Gasteiger partial charge in [0.2, 0.25) is 33.7 Å². The summed E-state index contributed by atoms with van der Waals surface area (Å²) in [5.41, 5.74) is 0.557. The average Bonchev–Trinajstić information content (AvgIpc) is 4.10. The highest BCUT2D eigenvalue weighted by Gasteiger charge is 2.44. The summed E-state index contributed by atoms with van der Waals surface area (Å²) in [5.74, 6) is -4.85. The second-order valence-electron chi connectivity index (χ2n) is 20.9. The zero-order chi connectivity index (χ0) is 53.8. The van der Waals surface area contributed by atoms with Gasteiger partial charge in [0.1, 0.15) is 17.8 Å². The van der Waals surface area contributed by atoms with Crippen molar-refractivity contribution in [3.05, 3.63) is 29.8 Å². The summed E-state index contributed by atoms with van der Waals surface area (Å²) >= 11 is 0. The predicted molar refractivity (Wildman–Crippen MR) is 270 cm³/mol. The third-order valence-electron chi connectivity index (χ3n) is 14.7. The van der Waals surface area contributed by atoms with Crippen molar-refractivity contribution in [3.63, 3.8) is 0 Å². The molecule has 2 saturated heterocycles. The van der Waals surface area contributed by atoms with Crippen molar-refractivity contribution in [2.45, 2.75) is 154 Å². The van der Waals surface area contributed by atoms with E-state index < -0.39 is 87.3 Å². The van der Waals surface area contributed by atoms with Crippen LogP contribution in [0, 0.1) is 29.6 Å². The molecular weight excluding hydrogens is 951 g/mol. The number of piperidine rings is 1. The average molecular weight is 1030 g/mol. The number of nitrogens with one attached hydrogen (secondary N) is 3. The molecule has 2 heterocycles. The second kappa shape index (κ2) is 26.9. The number of carbonyl (C=O) groups excluding carboxylic acids is 6. The molecule has 6 amide bonds. The number of ether oxygens (including phenoxy) is 3. The number of carboxylic acids is 1. The van der Waals surface area contributed by atoms with Crippen LogP contribution >= 0.6 is 0 Å². The van der Waals surface area contributed by atoms with Crippen molar-refractivity contribution in [2.75, 3.05) is 61.6 Å².